The number of hydrogen-bond donors (Lipinski definition) is 3. The Morgan fingerprint density at radius 2 is 1.85 bits per heavy atom. The molecule has 20 heavy (non-hydrogen) atoms. The van der Waals surface area contributed by atoms with Crippen LogP contribution in [0.3, 0.4) is 0 Å². The highest BCUT2D eigenvalue weighted by Gasteiger charge is 2.10. The number of carbonyl (C=O) groups is 2. The molecule has 3 N–H and O–H groups in total. The average Bonchev–Trinajstić information content (AvgIpc) is 2.45. The van der Waals surface area contributed by atoms with E-state index in [0.717, 1.165) is 18.5 Å². The molecule has 5 nitrogen and oxygen atoms in total. The van der Waals surface area contributed by atoms with Gasteiger partial charge in [-0.1, -0.05) is 18.2 Å². The molecule has 1 aromatic carbocycles. The molecule has 0 fully saturated rings. The number of hydrogen-bond acceptors (Lipinski definition) is 3. The van der Waals surface area contributed by atoms with E-state index in [9.17, 15) is 9.59 Å². The minimum atomic E-state index is -0.124. The van der Waals surface area contributed by atoms with Crippen LogP contribution in [0.15, 0.2) is 24.3 Å². The van der Waals surface area contributed by atoms with E-state index in [2.05, 4.69) is 16.0 Å². The van der Waals surface area contributed by atoms with Crippen molar-refractivity contribution in [3.05, 3.63) is 35.4 Å². The molecule has 0 radical (unpaired) electrons. The van der Waals surface area contributed by atoms with E-state index in [1.165, 1.54) is 0 Å². The second kappa shape index (κ2) is 9.09. The Balaban J connectivity index is 2.52. The van der Waals surface area contributed by atoms with Gasteiger partial charge in [-0.05, 0) is 38.6 Å². The highest BCUT2D eigenvalue weighted by atomic mass is 16.2. The van der Waals surface area contributed by atoms with Gasteiger partial charge in [0.2, 0.25) is 5.91 Å². The zero-order valence-corrected chi connectivity index (χ0v) is 12.2. The molecule has 0 aliphatic rings. The predicted octanol–water partition coefficient (Wildman–Crippen LogP) is 0.704. The standard InChI is InChI=1S/C15H23N3O2/c1-3-17-14(19)9-11-18-15(20)13-7-5-4-6-12(13)8-10-16-2/h4-7,16H,3,8-11H2,1-2H3,(H,17,19)(H,18,20). The highest BCUT2D eigenvalue weighted by molar-refractivity contribution is 5.95. The maximum atomic E-state index is 12.1. The molecule has 0 saturated heterocycles. The fraction of sp³-hybridized carbons (Fsp3) is 0.467. The lowest BCUT2D eigenvalue weighted by molar-refractivity contribution is -0.120. The first-order valence-corrected chi connectivity index (χ1v) is 6.96. The van der Waals surface area contributed by atoms with Crippen LogP contribution in [0.1, 0.15) is 29.3 Å². The summed E-state index contributed by atoms with van der Waals surface area (Å²) in [7, 11) is 1.88. The van der Waals surface area contributed by atoms with Crippen molar-refractivity contribution in [2.45, 2.75) is 19.8 Å². The molecule has 0 aliphatic carbocycles. The molecule has 0 saturated carbocycles. The number of carbonyl (C=O) groups excluding carboxylic acids is 2. The summed E-state index contributed by atoms with van der Waals surface area (Å²) in [5, 5.41) is 8.55. The number of likely N-dealkylation sites (N-methyl/N-ethyl adjacent to an activating group) is 1. The SMILES string of the molecule is CCNC(=O)CCNC(=O)c1ccccc1CCNC. The van der Waals surface area contributed by atoms with E-state index >= 15 is 0 Å². The first-order chi connectivity index (χ1) is 9.69. The van der Waals surface area contributed by atoms with Crippen molar-refractivity contribution >= 4 is 11.8 Å². The van der Waals surface area contributed by atoms with Crippen molar-refractivity contribution in [3.8, 4) is 0 Å². The van der Waals surface area contributed by atoms with E-state index in [1.807, 2.05) is 38.2 Å². The third-order valence-electron chi connectivity index (χ3n) is 2.92. The maximum Gasteiger partial charge on any atom is 0.251 e. The molecule has 110 valence electrons. The van der Waals surface area contributed by atoms with Gasteiger partial charge in [0.05, 0.1) is 0 Å². The molecular formula is C15H23N3O2. The molecule has 0 aliphatic heterocycles. The lowest BCUT2D eigenvalue weighted by Crippen LogP contribution is -2.31. The normalized spacial score (nSPS) is 10.1. The summed E-state index contributed by atoms with van der Waals surface area (Å²) in [6.07, 6.45) is 1.11. The van der Waals surface area contributed by atoms with Gasteiger partial charge in [0.1, 0.15) is 0 Å². The molecule has 0 bridgehead atoms. The fourth-order valence-electron chi connectivity index (χ4n) is 1.89. The molecule has 1 aromatic rings. The molecular weight excluding hydrogens is 254 g/mol. The number of amides is 2. The Labute approximate surface area is 120 Å². The molecule has 0 aromatic heterocycles. The predicted molar refractivity (Wildman–Crippen MR) is 79.7 cm³/mol. The molecule has 0 heterocycles. The summed E-state index contributed by atoms with van der Waals surface area (Å²) < 4.78 is 0. The van der Waals surface area contributed by atoms with Crippen LogP contribution in [-0.2, 0) is 11.2 Å². The minimum absolute atomic E-state index is 0.0451. The summed E-state index contributed by atoms with van der Waals surface area (Å²) in [4.78, 5) is 23.4. The Kier molecular flexibility index (Phi) is 7.35. The molecule has 0 unspecified atom stereocenters. The van der Waals surface area contributed by atoms with E-state index in [0.29, 0.717) is 25.1 Å². The van der Waals surface area contributed by atoms with Crippen LogP contribution >= 0.6 is 0 Å². The van der Waals surface area contributed by atoms with E-state index in [4.69, 9.17) is 0 Å². The average molecular weight is 277 g/mol. The van der Waals surface area contributed by atoms with E-state index in [-0.39, 0.29) is 11.8 Å². The first kappa shape index (κ1) is 16.2. The van der Waals surface area contributed by atoms with Crippen LogP contribution in [0, 0.1) is 0 Å². The van der Waals surface area contributed by atoms with E-state index in [1.54, 1.807) is 0 Å². The van der Waals surface area contributed by atoms with Gasteiger partial charge in [0.15, 0.2) is 0 Å². The Hall–Kier alpha value is -1.88. The summed E-state index contributed by atoms with van der Waals surface area (Å²) in [5.41, 5.74) is 1.69. The third kappa shape index (κ3) is 5.40. The fourth-order valence-corrected chi connectivity index (χ4v) is 1.89. The van der Waals surface area contributed by atoms with Gasteiger partial charge in [0.25, 0.3) is 5.91 Å². The van der Waals surface area contributed by atoms with Gasteiger partial charge in [-0.2, -0.15) is 0 Å². The van der Waals surface area contributed by atoms with Crippen molar-refractivity contribution in [3.63, 3.8) is 0 Å². The van der Waals surface area contributed by atoms with Gasteiger partial charge in [-0.15, -0.1) is 0 Å². The van der Waals surface area contributed by atoms with Crippen molar-refractivity contribution in [2.24, 2.45) is 0 Å². The summed E-state index contributed by atoms with van der Waals surface area (Å²) >= 11 is 0. The number of benzene rings is 1. The molecule has 0 atom stereocenters. The topological polar surface area (TPSA) is 70.2 Å². The van der Waals surface area contributed by atoms with Crippen LogP contribution < -0.4 is 16.0 Å². The van der Waals surface area contributed by atoms with Crippen LogP contribution in [0.4, 0.5) is 0 Å². The number of nitrogens with one attached hydrogen (secondary N) is 3. The highest BCUT2D eigenvalue weighted by Crippen LogP contribution is 2.09. The summed E-state index contributed by atoms with van der Waals surface area (Å²) in [6.45, 7) is 3.66. The second-order valence-corrected chi connectivity index (χ2v) is 4.47. The van der Waals surface area contributed by atoms with Gasteiger partial charge in [0, 0.05) is 25.1 Å². The summed E-state index contributed by atoms with van der Waals surface area (Å²) in [5.74, 6) is -0.169. The molecule has 5 heteroatoms. The van der Waals surface area contributed by atoms with Crippen molar-refractivity contribution < 1.29 is 9.59 Å². The van der Waals surface area contributed by atoms with Crippen molar-refractivity contribution in [1.82, 2.24) is 16.0 Å². The van der Waals surface area contributed by atoms with Crippen LogP contribution in [0.5, 0.6) is 0 Å². The molecule has 0 spiro atoms. The third-order valence-corrected chi connectivity index (χ3v) is 2.92. The molecule has 1 rings (SSSR count). The van der Waals surface area contributed by atoms with Gasteiger partial charge < -0.3 is 16.0 Å². The largest absolute Gasteiger partial charge is 0.356 e. The van der Waals surface area contributed by atoms with Gasteiger partial charge in [-0.3, -0.25) is 9.59 Å². The van der Waals surface area contributed by atoms with Crippen LogP contribution in [-0.4, -0.2) is 38.5 Å². The first-order valence-electron chi connectivity index (χ1n) is 6.96. The van der Waals surface area contributed by atoms with Gasteiger partial charge in [-0.25, -0.2) is 0 Å². The maximum absolute atomic E-state index is 12.1. The van der Waals surface area contributed by atoms with Crippen LogP contribution in [0.25, 0.3) is 0 Å². The van der Waals surface area contributed by atoms with Crippen molar-refractivity contribution in [1.29, 1.82) is 0 Å². The lowest BCUT2D eigenvalue weighted by atomic mass is 10.0. The molecule has 2 amide bonds. The minimum Gasteiger partial charge on any atom is -0.356 e. The Morgan fingerprint density at radius 1 is 1.10 bits per heavy atom. The lowest BCUT2D eigenvalue weighted by Gasteiger charge is -2.10. The van der Waals surface area contributed by atoms with Gasteiger partial charge >= 0.3 is 0 Å². The number of rotatable bonds is 8. The summed E-state index contributed by atoms with van der Waals surface area (Å²) in [6, 6.07) is 7.54. The quantitative estimate of drug-likeness (QED) is 0.655. The monoisotopic (exact) mass is 277 g/mol. The van der Waals surface area contributed by atoms with Crippen molar-refractivity contribution in [2.75, 3.05) is 26.7 Å². The van der Waals surface area contributed by atoms with E-state index < -0.39 is 0 Å². The zero-order chi connectivity index (χ0) is 14.8. The van der Waals surface area contributed by atoms with Crippen LogP contribution in [0.2, 0.25) is 0 Å². The smallest absolute Gasteiger partial charge is 0.251 e. The zero-order valence-electron chi connectivity index (χ0n) is 12.2. The Morgan fingerprint density at radius 3 is 2.55 bits per heavy atom. The Bertz CT molecular complexity index is 446. The second-order valence-electron chi connectivity index (χ2n) is 4.47.